The summed E-state index contributed by atoms with van der Waals surface area (Å²) in [5.41, 5.74) is 2.09. The van der Waals surface area contributed by atoms with Gasteiger partial charge in [-0.3, -0.25) is 0 Å². The molecule has 2 saturated carbocycles. The normalized spacial score (nSPS) is 58.6. The minimum absolute atomic E-state index is 0.0332. The molecule has 2 heterocycles. The fraction of sp³-hybridized carbons (Fsp3) is 0.842. The van der Waals surface area contributed by atoms with Gasteiger partial charge in [0.2, 0.25) is 5.79 Å². The van der Waals surface area contributed by atoms with Crippen LogP contribution in [-0.2, 0) is 14.3 Å². The maximum atomic E-state index is 12.7. The summed E-state index contributed by atoms with van der Waals surface area (Å²) in [4.78, 5) is 12.7. The van der Waals surface area contributed by atoms with Crippen LogP contribution in [-0.4, -0.2) is 17.4 Å². The molecule has 5 aliphatic rings. The third kappa shape index (κ3) is 1.25. The summed E-state index contributed by atoms with van der Waals surface area (Å²) >= 11 is 0. The minimum atomic E-state index is -0.735. The quantitative estimate of drug-likeness (QED) is 0.638. The van der Waals surface area contributed by atoms with Crippen LogP contribution < -0.4 is 0 Å². The molecule has 2 bridgehead atoms. The smallest absolute Gasteiger partial charge is 0.337 e. The highest BCUT2D eigenvalue weighted by Crippen LogP contribution is 2.73. The largest absolute Gasteiger partial charge is 0.425 e. The molecular formula is C19H26O3. The number of carbonyl (C=O) groups excluding carboxylic acids is 1. The summed E-state index contributed by atoms with van der Waals surface area (Å²) in [5, 5.41) is 0. The molecule has 0 aromatic carbocycles. The fourth-order valence-corrected chi connectivity index (χ4v) is 6.85. The van der Waals surface area contributed by atoms with Gasteiger partial charge < -0.3 is 9.47 Å². The van der Waals surface area contributed by atoms with Crippen LogP contribution in [0.1, 0.15) is 59.8 Å². The number of carbonyl (C=O) groups is 1. The van der Waals surface area contributed by atoms with Crippen LogP contribution in [0.5, 0.6) is 0 Å². The SMILES string of the molecule is C[C@H]1CC[C@H]2C3=C1C(=O)O[C@@]31OC3(C)C[C@@H](C[C@@H]2C)[C@]1(C)C3. The molecule has 2 aliphatic heterocycles. The lowest BCUT2D eigenvalue weighted by molar-refractivity contribution is -0.269. The average molecular weight is 302 g/mol. The van der Waals surface area contributed by atoms with Crippen molar-refractivity contribution >= 4 is 5.97 Å². The molecule has 1 saturated heterocycles. The molecular weight excluding hydrogens is 276 g/mol. The molecule has 5 rings (SSSR count). The van der Waals surface area contributed by atoms with Crippen LogP contribution in [0.15, 0.2) is 11.1 Å². The summed E-state index contributed by atoms with van der Waals surface area (Å²) in [6.07, 6.45) is 5.70. The number of ether oxygens (including phenoxy) is 2. The van der Waals surface area contributed by atoms with E-state index >= 15 is 0 Å². The molecule has 3 aliphatic carbocycles. The summed E-state index contributed by atoms with van der Waals surface area (Å²) < 4.78 is 12.7. The van der Waals surface area contributed by atoms with Gasteiger partial charge in [-0.25, -0.2) is 4.79 Å². The average Bonchev–Trinajstić information content (AvgIpc) is 2.92. The van der Waals surface area contributed by atoms with E-state index in [9.17, 15) is 4.79 Å². The summed E-state index contributed by atoms with van der Waals surface area (Å²) in [6, 6.07) is 0. The van der Waals surface area contributed by atoms with Crippen LogP contribution in [0.4, 0.5) is 0 Å². The Morgan fingerprint density at radius 2 is 1.95 bits per heavy atom. The van der Waals surface area contributed by atoms with Gasteiger partial charge in [0.05, 0.1) is 5.60 Å². The van der Waals surface area contributed by atoms with E-state index in [4.69, 9.17) is 9.47 Å². The van der Waals surface area contributed by atoms with Gasteiger partial charge in [-0.1, -0.05) is 20.8 Å². The van der Waals surface area contributed by atoms with Crippen molar-refractivity contribution in [2.24, 2.45) is 29.1 Å². The molecule has 1 spiro atoms. The van der Waals surface area contributed by atoms with E-state index in [-0.39, 0.29) is 17.0 Å². The Bertz CT molecular complexity index is 622. The molecule has 0 N–H and O–H groups in total. The van der Waals surface area contributed by atoms with E-state index in [1.54, 1.807) is 0 Å². The van der Waals surface area contributed by atoms with E-state index in [2.05, 4.69) is 27.7 Å². The highest BCUT2D eigenvalue weighted by Gasteiger charge is 2.77. The number of esters is 1. The van der Waals surface area contributed by atoms with E-state index < -0.39 is 5.79 Å². The molecule has 7 atom stereocenters. The van der Waals surface area contributed by atoms with Crippen molar-refractivity contribution in [3.63, 3.8) is 0 Å². The van der Waals surface area contributed by atoms with Crippen molar-refractivity contribution in [1.82, 2.24) is 0 Å². The summed E-state index contributed by atoms with van der Waals surface area (Å²) in [6.45, 7) is 9.12. The van der Waals surface area contributed by atoms with Gasteiger partial charge in [0.25, 0.3) is 0 Å². The zero-order valence-corrected chi connectivity index (χ0v) is 14.1. The standard InChI is InChI=1S/C19H26O3/c1-10-5-6-13-11(2)7-12-8-17(3)9-18(12,4)19(22-17)15(13)14(10)16(20)21-19/h10-13H,5-9H2,1-4H3/t10-,11-,12+,13+,17?,18-,19+/m0/s1. The number of hydrogen-bond acceptors (Lipinski definition) is 3. The summed E-state index contributed by atoms with van der Waals surface area (Å²) in [5.74, 6) is 1.21. The lowest BCUT2D eigenvalue weighted by Gasteiger charge is -2.46. The Morgan fingerprint density at radius 3 is 2.68 bits per heavy atom. The van der Waals surface area contributed by atoms with Crippen molar-refractivity contribution in [2.75, 3.05) is 0 Å². The van der Waals surface area contributed by atoms with Gasteiger partial charge in [0, 0.05) is 16.6 Å². The number of rotatable bonds is 0. The lowest BCUT2D eigenvalue weighted by atomic mass is 9.67. The molecule has 22 heavy (non-hydrogen) atoms. The Labute approximate surface area is 132 Å². The molecule has 3 heteroatoms. The van der Waals surface area contributed by atoms with E-state index in [1.807, 2.05) is 0 Å². The van der Waals surface area contributed by atoms with Crippen molar-refractivity contribution < 1.29 is 14.3 Å². The van der Waals surface area contributed by atoms with Gasteiger partial charge >= 0.3 is 5.97 Å². The number of fused-ring (bicyclic) bond motifs is 1. The third-order valence-electron chi connectivity index (χ3n) is 7.68. The molecule has 120 valence electrons. The molecule has 0 amide bonds. The van der Waals surface area contributed by atoms with E-state index in [1.165, 1.54) is 18.4 Å². The maximum Gasteiger partial charge on any atom is 0.337 e. The first-order chi connectivity index (χ1) is 10.3. The van der Waals surface area contributed by atoms with Gasteiger partial charge in [-0.15, -0.1) is 0 Å². The second kappa shape index (κ2) is 3.63. The van der Waals surface area contributed by atoms with Crippen LogP contribution in [0, 0.1) is 29.1 Å². The Balaban J connectivity index is 1.81. The highest BCUT2D eigenvalue weighted by molar-refractivity contribution is 5.94. The zero-order chi connectivity index (χ0) is 15.5. The Hall–Kier alpha value is -0.830. The molecule has 3 nitrogen and oxygen atoms in total. The van der Waals surface area contributed by atoms with Crippen molar-refractivity contribution in [3.8, 4) is 0 Å². The molecule has 0 aromatic heterocycles. The van der Waals surface area contributed by atoms with Gasteiger partial charge in [0.1, 0.15) is 0 Å². The van der Waals surface area contributed by atoms with E-state index in [0.29, 0.717) is 23.7 Å². The monoisotopic (exact) mass is 302 g/mol. The van der Waals surface area contributed by atoms with Crippen LogP contribution in [0.3, 0.4) is 0 Å². The first-order valence-electron chi connectivity index (χ1n) is 8.98. The van der Waals surface area contributed by atoms with Crippen molar-refractivity contribution in [1.29, 1.82) is 0 Å². The lowest BCUT2D eigenvalue weighted by Crippen LogP contribution is -2.52. The second-order valence-corrected chi connectivity index (χ2v) is 9.18. The van der Waals surface area contributed by atoms with Crippen LogP contribution >= 0.6 is 0 Å². The Morgan fingerprint density at radius 1 is 1.18 bits per heavy atom. The number of hydrogen-bond donors (Lipinski definition) is 0. The van der Waals surface area contributed by atoms with Crippen LogP contribution in [0.25, 0.3) is 0 Å². The minimum Gasteiger partial charge on any atom is -0.425 e. The second-order valence-electron chi connectivity index (χ2n) is 9.18. The van der Waals surface area contributed by atoms with Crippen molar-refractivity contribution in [3.05, 3.63) is 11.1 Å². The molecule has 0 aromatic rings. The predicted octanol–water partition coefficient (Wildman–Crippen LogP) is 3.83. The van der Waals surface area contributed by atoms with E-state index in [0.717, 1.165) is 24.8 Å². The maximum absolute atomic E-state index is 12.7. The van der Waals surface area contributed by atoms with Gasteiger partial charge in [0.15, 0.2) is 0 Å². The molecule has 0 radical (unpaired) electrons. The van der Waals surface area contributed by atoms with Crippen molar-refractivity contribution in [2.45, 2.75) is 71.2 Å². The molecule has 3 fully saturated rings. The molecule has 1 unspecified atom stereocenters. The predicted molar refractivity (Wildman–Crippen MR) is 81.8 cm³/mol. The summed E-state index contributed by atoms with van der Waals surface area (Å²) in [7, 11) is 0. The highest BCUT2D eigenvalue weighted by atomic mass is 16.7. The van der Waals surface area contributed by atoms with Gasteiger partial charge in [-0.2, -0.15) is 0 Å². The zero-order valence-electron chi connectivity index (χ0n) is 14.1. The third-order valence-corrected chi connectivity index (χ3v) is 7.68. The first kappa shape index (κ1) is 13.6. The van der Waals surface area contributed by atoms with Gasteiger partial charge in [-0.05, 0) is 62.7 Å². The Kier molecular flexibility index (Phi) is 2.24. The first-order valence-corrected chi connectivity index (χ1v) is 8.98. The van der Waals surface area contributed by atoms with Crippen LogP contribution in [0.2, 0.25) is 0 Å². The topological polar surface area (TPSA) is 35.5 Å². The fourth-order valence-electron chi connectivity index (χ4n) is 6.85.